The fourth-order valence-corrected chi connectivity index (χ4v) is 2.95. The van der Waals surface area contributed by atoms with Crippen LogP contribution < -0.4 is 5.73 Å². The average molecular weight is 281 g/mol. The van der Waals surface area contributed by atoms with Crippen LogP contribution in [0, 0.1) is 6.92 Å². The molecule has 108 valence electrons. The molecule has 4 nitrogen and oxygen atoms in total. The highest BCUT2D eigenvalue weighted by Crippen LogP contribution is 2.33. The fraction of sp³-hybridized carbons (Fsp3) is 0.294. The Morgan fingerprint density at radius 3 is 3.00 bits per heavy atom. The number of hydrogen-bond acceptors (Lipinski definition) is 3. The number of carbonyl (C=O) groups is 1. The maximum absolute atomic E-state index is 12.9. The van der Waals surface area contributed by atoms with Crippen molar-refractivity contribution < 1.29 is 4.79 Å². The van der Waals surface area contributed by atoms with Crippen molar-refractivity contribution in [2.45, 2.75) is 25.8 Å². The van der Waals surface area contributed by atoms with Gasteiger partial charge >= 0.3 is 0 Å². The monoisotopic (exact) mass is 281 g/mol. The maximum atomic E-state index is 12.9. The lowest BCUT2D eigenvalue weighted by atomic mass is 10.0. The van der Waals surface area contributed by atoms with Crippen LogP contribution in [0.25, 0.3) is 0 Å². The summed E-state index contributed by atoms with van der Waals surface area (Å²) < 4.78 is 0. The first-order valence-electron chi connectivity index (χ1n) is 7.24. The number of carbonyl (C=O) groups excluding carboxylic acids is 1. The number of nitrogen functional groups attached to an aromatic ring is 1. The highest BCUT2D eigenvalue weighted by molar-refractivity contribution is 5.97. The number of nitrogens with two attached hydrogens (primary N) is 1. The van der Waals surface area contributed by atoms with Gasteiger partial charge in [0, 0.05) is 30.2 Å². The molecular weight excluding hydrogens is 262 g/mol. The van der Waals surface area contributed by atoms with E-state index in [-0.39, 0.29) is 11.9 Å². The molecule has 1 fully saturated rings. The predicted octanol–water partition coefficient (Wildman–Crippen LogP) is 2.95. The van der Waals surface area contributed by atoms with Crippen LogP contribution >= 0.6 is 0 Å². The molecule has 1 unspecified atom stereocenters. The van der Waals surface area contributed by atoms with Gasteiger partial charge in [0.25, 0.3) is 5.91 Å². The molecule has 2 aromatic rings. The Labute approximate surface area is 124 Å². The lowest BCUT2D eigenvalue weighted by Gasteiger charge is -2.25. The zero-order chi connectivity index (χ0) is 14.8. The Morgan fingerprint density at radius 2 is 2.24 bits per heavy atom. The molecule has 1 aromatic heterocycles. The minimum absolute atomic E-state index is 0.0613. The molecule has 0 aliphatic carbocycles. The molecule has 1 saturated heterocycles. The van der Waals surface area contributed by atoms with E-state index >= 15 is 0 Å². The first-order valence-corrected chi connectivity index (χ1v) is 7.24. The van der Waals surface area contributed by atoms with Crippen LogP contribution in [0.15, 0.2) is 42.7 Å². The van der Waals surface area contributed by atoms with Crippen molar-refractivity contribution >= 4 is 11.6 Å². The number of hydrogen-bond donors (Lipinski definition) is 1. The van der Waals surface area contributed by atoms with Gasteiger partial charge in [-0.3, -0.25) is 9.78 Å². The number of aryl methyl sites for hydroxylation is 1. The molecule has 2 N–H and O–H groups in total. The zero-order valence-corrected chi connectivity index (χ0v) is 12.1. The molecule has 0 spiro atoms. The van der Waals surface area contributed by atoms with Gasteiger partial charge in [-0.05, 0) is 49.1 Å². The Morgan fingerprint density at radius 1 is 1.38 bits per heavy atom. The SMILES string of the molecule is Cc1ccc(N)cc1C(=O)N1CCCC1c1cccnc1. The van der Waals surface area contributed by atoms with Crippen LogP contribution in [-0.4, -0.2) is 22.3 Å². The molecule has 4 heteroatoms. The first kappa shape index (κ1) is 13.6. The second-order valence-electron chi connectivity index (χ2n) is 5.52. The number of rotatable bonds is 2. The highest BCUT2D eigenvalue weighted by atomic mass is 16.2. The number of amides is 1. The van der Waals surface area contributed by atoms with E-state index < -0.39 is 0 Å². The van der Waals surface area contributed by atoms with E-state index in [9.17, 15) is 4.79 Å². The van der Waals surface area contributed by atoms with Crippen LogP contribution in [0.4, 0.5) is 5.69 Å². The van der Waals surface area contributed by atoms with Crippen molar-refractivity contribution in [2.75, 3.05) is 12.3 Å². The number of benzene rings is 1. The smallest absolute Gasteiger partial charge is 0.254 e. The van der Waals surface area contributed by atoms with E-state index in [0.717, 1.165) is 30.5 Å². The topological polar surface area (TPSA) is 59.2 Å². The normalized spacial score (nSPS) is 18.0. The molecule has 0 radical (unpaired) electrons. The largest absolute Gasteiger partial charge is 0.399 e. The molecule has 1 amide bonds. The molecule has 1 aliphatic rings. The van der Waals surface area contributed by atoms with Crippen molar-refractivity contribution in [2.24, 2.45) is 0 Å². The van der Waals surface area contributed by atoms with E-state index in [4.69, 9.17) is 5.73 Å². The van der Waals surface area contributed by atoms with Crippen molar-refractivity contribution in [3.05, 3.63) is 59.4 Å². The molecule has 2 heterocycles. The Bertz CT molecular complexity index is 654. The second kappa shape index (κ2) is 5.56. The van der Waals surface area contributed by atoms with E-state index in [1.54, 1.807) is 12.3 Å². The fourth-order valence-electron chi connectivity index (χ4n) is 2.95. The third-order valence-electron chi connectivity index (χ3n) is 4.07. The van der Waals surface area contributed by atoms with E-state index in [1.165, 1.54) is 0 Å². The lowest BCUT2D eigenvalue weighted by molar-refractivity contribution is 0.0735. The van der Waals surface area contributed by atoms with Crippen molar-refractivity contribution in [1.29, 1.82) is 0 Å². The molecule has 1 aromatic carbocycles. The summed E-state index contributed by atoms with van der Waals surface area (Å²) in [6.07, 6.45) is 5.61. The molecule has 1 aliphatic heterocycles. The average Bonchev–Trinajstić information content (AvgIpc) is 2.99. The van der Waals surface area contributed by atoms with Gasteiger partial charge in [-0.25, -0.2) is 0 Å². The van der Waals surface area contributed by atoms with Crippen LogP contribution in [0.3, 0.4) is 0 Å². The van der Waals surface area contributed by atoms with Crippen LogP contribution in [0.1, 0.15) is 40.4 Å². The molecular formula is C17H19N3O. The van der Waals surface area contributed by atoms with Crippen LogP contribution in [0.2, 0.25) is 0 Å². The van der Waals surface area contributed by atoms with Crippen LogP contribution in [0.5, 0.6) is 0 Å². The molecule has 0 bridgehead atoms. The van der Waals surface area contributed by atoms with Crippen molar-refractivity contribution in [3.8, 4) is 0 Å². The molecule has 0 saturated carbocycles. The van der Waals surface area contributed by atoms with Gasteiger partial charge < -0.3 is 10.6 Å². The number of nitrogens with zero attached hydrogens (tertiary/aromatic N) is 2. The summed E-state index contributed by atoms with van der Waals surface area (Å²) in [4.78, 5) is 19.0. The molecule has 21 heavy (non-hydrogen) atoms. The summed E-state index contributed by atoms with van der Waals surface area (Å²) in [5, 5.41) is 0. The maximum Gasteiger partial charge on any atom is 0.254 e. The van der Waals surface area contributed by atoms with Gasteiger partial charge in [-0.2, -0.15) is 0 Å². The zero-order valence-electron chi connectivity index (χ0n) is 12.1. The van der Waals surface area contributed by atoms with Gasteiger partial charge in [-0.1, -0.05) is 12.1 Å². The number of aromatic nitrogens is 1. The third-order valence-corrected chi connectivity index (χ3v) is 4.07. The van der Waals surface area contributed by atoms with Crippen LogP contribution in [-0.2, 0) is 0 Å². The standard InChI is InChI=1S/C17H19N3O/c1-12-6-7-14(18)10-15(12)17(21)20-9-3-5-16(20)13-4-2-8-19-11-13/h2,4,6-8,10-11,16H,3,5,9,18H2,1H3. The Balaban J connectivity index is 1.92. The first-order chi connectivity index (χ1) is 10.2. The van der Waals surface area contributed by atoms with E-state index in [2.05, 4.69) is 4.98 Å². The second-order valence-corrected chi connectivity index (χ2v) is 5.52. The molecule has 1 atom stereocenters. The Hall–Kier alpha value is -2.36. The summed E-state index contributed by atoms with van der Waals surface area (Å²) in [5.74, 6) is 0.0613. The highest BCUT2D eigenvalue weighted by Gasteiger charge is 2.31. The number of pyridine rings is 1. The van der Waals surface area contributed by atoms with Gasteiger partial charge in [0.15, 0.2) is 0 Å². The minimum atomic E-state index is 0.0613. The summed E-state index contributed by atoms with van der Waals surface area (Å²) in [5.41, 5.74) is 9.22. The van der Waals surface area contributed by atoms with E-state index in [1.807, 2.05) is 42.3 Å². The summed E-state index contributed by atoms with van der Waals surface area (Å²) in [6.45, 7) is 2.73. The van der Waals surface area contributed by atoms with Gasteiger partial charge in [0.1, 0.15) is 0 Å². The quantitative estimate of drug-likeness (QED) is 0.861. The van der Waals surface area contributed by atoms with E-state index in [0.29, 0.717) is 11.3 Å². The minimum Gasteiger partial charge on any atom is -0.399 e. The molecule has 3 rings (SSSR count). The number of likely N-dealkylation sites (tertiary alicyclic amines) is 1. The van der Waals surface area contributed by atoms with Crippen molar-refractivity contribution in [1.82, 2.24) is 9.88 Å². The third kappa shape index (κ3) is 2.61. The Kier molecular flexibility index (Phi) is 3.60. The van der Waals surface area contributed by atoms with Crippen molar-refractivity contribution in [3.63, 3.8) is 0 Å². The van der Waals surface area contributed by atoms with Gasteiger partial charge in [0.2, 0.25) is 0 Å². The summed E-state index contributed by atoms with van der Waals surface area (Å²) in [6, 6.07) is 9.58. The summed E-state index contributed by atoms with van der Waals surface area (Å²) >= 11 is 0. The number of anilines is 1. The lowest BCUT2D eigenvalue weighted by Crippen LogP contribution is -2.31. The summed E-state index contributed by atoms with van der Waals surface area (Å²) in [7, 11) is 0. The van der Waals surface area contributed by atoms with Gasteiger partial charge in [0.05, 0.1) is 6.04 Å². The van der Waals surface area contributed by atoms with Gasteiger partial charge in [-0.15, -0.1) is 0 Å². The predicted molar refractivity (Wildman–Crippen MR) is 82.8 cm³/mol.